The maximum atomic E-state index is 11.7. The molecule has 0 aromatic rings. The Labute approximate surface area is 101 Å². The van der Waals surface area contributed by atoms with Crippen molar-refractivity contribution in [1.29, 1.82) is 0 Å². The van der Waals surface area contributed by atoms with Gasteiger partial charge in [-0.15, -0.1) is 6.42 Å². The minimum atomic E-state index is -0.820. The van der Waals surface area contributed by atoms with Crippen molar-refractivity contribution >= 4 is 12.0 Å². The van der Waals surface area contributed by atoms with Crippen LogP contribution in [0.1, 0.15) is 33.6 Å². The van der Waals surface area contributed by atoms with Gasteiger partial charge in [0.2, 0.25) is 5.91 Å². The monoisotopic (exact) mass is 238 g/mol. The van der Waals surface area contributed by atoms with Crippen molar-refractivity contribution in [3.8, 4) is 12.3 Å². The van der Waals surface area contributed by atoms with E-state index in [2.05, 4.69) is 16.6 Å². The lowest BCUT2D eigenvalue weighted by atomic mass is 10.2. The highest BCUT2D eigenvalue weighted by atomic mass is 16.6. The smallest absolute Gasteiger partial charge is 0.408 e. The molecule has 2 amide bonds. The standard InChI is InChI=1S/C12H18N2O3/c1-5-8-13-9(15)12(6-7-12)14-10(16)17-11(2,3)4/h1H,6-8H2,2-4H3,(H,13,15)(H,14,16). The summed E-state index contributed by atoms with van der Waals surface area (Å²) in [4.78, 5) is 23.2. The van der Waals surface area contributed by atoms with Crippen LogP contribution in [0.4, 0.5) is 4.79 Å². The number of carbonyl (C=O) groups excluding carboxylic acids is 2. The number of ether oxygens (including phenoxy) is 1. The van der Waals surface area contributed by atoms with Gasteiger partial charge in [-0.3, -0.25) is 4.79 Å². The lowest BCUT2D eigenvalue weighted by Gasteiger charge is -2.22. The molecule has 1 fully saturated rings. The molecule has 94 valence electrons. The zero-order valence-electron chi connectivity index (χ0n) is 10.4. The highest BCUT2D eigenvalue weighted by molar-refractivity contribution is 5.92. The van der Waals surface area contributed by atoms with E-state index in [0.29, 0.717) is 12.8 Å². The average Bonchev–Trinajstić information content (AvgIpc) is 2.91. The van der Waals surface area contributed by atoms with Gasteiger partial charge < -0.3 is 15.4 Å². The third kappa shape index (κ3) is 3.99. The number of amides is 2. The number of nitrogens with one attached hydrogen (secondary N) is 2. The second-order valence-electron chi connectivity index (χ2n) is 5.10. The molecule has 1 rings (SSSR count). The molecule has 0 unspecified atom stereocenters. The van der Waals surface area contributed by atoms with E-state index in [0.717, 1.165) is 0 Å². The minimum Gasteiger partial charge on any atom is -0.444 e. The molecule has 17 heavy (non-hydrogen) atoms. The fraction of sp³-hybridized carbons (Fsp3) is 0.667. The molecule has 0 spiro atoms. The molecule has 0 aliphatic heterocycles. The summed E-state index contributed by atoms with van der Waals surface area (Å²) in [6.45, 7) is 5.47. The summed E-state index contributed by atoms with van der Waals surface area (Å²) in [5.41, 5.74) is -1.39. The van der Waals surface area contributed by atoms with Gasteiger partial charge in [-0.25, -0.2) is 4.79 Å². The van der Waals surface area contributed by atoms with E-state index < -0.39 is 17.2 Å². The lowest BCUT2D eigenvalue weighted by molar-refractivity contribution is -0.123. The zero-order chi connectivity index (χ0) is 13.1. The second-order valence-corrected chi connectivity index (χ2v) is 5.10. The van der Waals surface area contributed by atoms with Crippen LogP contribution < -0.4 is 10.6 Å². The second kappa shape index (κ2) is 4.66. The summed E-state index contributed by atoms with van der Waals surface area (Å²) in [5.74, 6) is 2.07. The molecule has 0 atom stereocenters. The van der Waals surface area contributed by atoms with Gasteiger partial charge in [0.1, 0.15) is 11.1 Å². The summed E-state index contributed by atoms with van der Waals surface area (Å²) >= 11 is 0. The van der Waals surface area contributed by atoms with E-state index in [1.54, 1.807) is 20.8 Å². The summed E-state index contributed by atoms with van der Waals surface area (Å²) in [6.07, 6.45) is 5.70. The molecule has 5 nitrogen and oxygen atoms in total. The van der Waals surface area contributed by atoms with Gasteiger partial charge in [0.25, 0.3) is 0 Å². The maximum absolute atomic E-state index is 11.7. The quantitative estimate of drug-likeness (QED) is 0.714. The molecule has 0 saturated heterocycles. The van der Waals surface area contributed by atoms with E-state index in [4.69, 9.17) is 11.2 Å². The number of hydrogen-bond acceptors (Lipinski definition) is 3. The largest absolute Gasteiger partial charge is 0.444 e. The molecule has 1 aliphatic rings. The third-order valence-corrected chi connectivity index (χ3v) is 2.28. The van der Waals surface area contributed by atoms with Crippen molar-refractivity contribution in [2.24, 2.45) is 0 Å². The average molecular weight is 238 g/mol. The van der Waals surface area contributed by atoms with Gasteiger partial charge in [-0.1, -0.05) is 5.92 Å². The summed E-state index contributed by atoms with van der Waals surface area (Å²) < 4.78 is 5.10. The Morgan fingerprint density at radius 3 is 2.41 bits per heavy atom. The highest BCUT2D eigenvalue weighted by Crippen LogP contribution is 2.35. The van der Waals surface area contributed by atoms with Gasteiger partial charge in [0.05, 0.1) is 6.54 Å². The van der Waals surface area contributed by atoms with Crippen molar-refractivity contribution in [3.05, 3.63) is 0 Å². The first-order valence-corrected chi connectivity index (χ1v) is 5.52. The predicted molar refractivity (Wildman–Crippen MR) is 63.2 cm³/mol. The first-order chi connectivity index (χ1) is 7.79. The van der Waals surface area contributed by atoms with Gasteiger partial charge in [-0.05, 0) is 33.6 Å². The summed E-state index contributed by atoms with van der Waals surface area (Å²) in [5, 5.41) is 5.15. The van der Waals surface area contributed by atoms with Crippen LogP contribution in [-0.4, -0.2) is 29.7 Å². The fourth-order valence-electron chi connectivity index (χ4n) is 1.33. The van der Waals surface area contributed by atoms with Gasteiger partial charge in [0, 0.05) is 0 Å². The van der Waals surface area contributed by atoms with Crippen LogP contribution >= 0.6 is 0 Å². The molecule has 0 bridgehead atoms. The Kier molecular flexibility index (Phi) is 3.66. The Bertz CT molecular complexity index is 359. The molecular weight excluding hydrogens is 220 g/mol. The molecule has 0 aromatic heterocycles. The Morgan fingerprint density at radius 2 is 2.00 bits per heavy atom. The molecule has 0 aromatic carbocycles. The number of alkyl carbamates (subject to hydrolysis) is 1. The lowest BCUT2D eigenvalue weighted by Crippen LogP contribution is -2.50. The molecule has 0 heterocycles. The van der Waals surface area contributed by atoms with E-state index in [9.17, 15) is 9.59 Å². The fourth-order valence-corrected chi connectivity index (χ4v) is 1.33. The Balaban J connectivity index is 2.48. The number of terminal acetylenes is 1. The van der Waals surface area contributed by atoms with Crippen LogP contribution in [-0.2, 0) is 9.53 Å². The van der Waals surface area contributed by atoms with Crippen LogP contribution in [0.5, 0.6) is 0 Å². The molecule has 5 heteroatoms. The molecule has 2 N–H and O–H groups in total. The molecule has 1 aliphatic carbocycles. The van der Waals surface area contributed by atoms with Crippen molar-refractivity contribution < 1.29 is 14.3 Å². The zero-order valence-corrected chi connectivity index (χ0v) is 10.4. The maximum Gasteiger partial charge on any atom is 0.408 e. The first kappa shape index (κ1) is 13.4. The van der Waals surface area contributed by atoms with Crippen LogP contribution in [0.3, 0.4) is 0 Å². The Morgan fingerprint density at radius 1 is 1.41 bits per heavy atom. The van der Waals surface area contributed by atoms with Gasteiger partial charge in [-0.2, -0.15) is 0 Å². The van der Waals surface area contributed by atoms with Crippen LogP contribution in [0.25, 0.3) is 0 Å². The van der Waals surface area contributed by atoms with Crippen LogP contribution in [0.15, 0.2) is 0 Å². The van der Waals surface area contributed by atoms with Gasteiger partial charge in [0.15, 0.2) is 0 Å². The minimum absolute atomic E-state index is 0.163. The SMILES string of the molecule is C#CCNC(=O)C1(NC(=O)OC(C)(C)C)CC1. The van der Waals surface area contributed by atoms with Gasteiger partial charge >= 0.3 is 6.09 Å². The molecule has 1 saturated carbocycles. The van der Waals surface area contributed by atoms with Crippen molar-refractivity contribution in [2.45, 2.75) is 44.8 Å². The van der Waals surface area contributed by atoms with E-state index >= 15 is 0 Å². The molecule has 0 radical (unpaired) electrons. The van der Waals surface area contributed by atoms with E-state index in [1.165, 1.54) is 0 Å². The predicted octanol–water partition coefficient (Wildman–Crippen LogP) is 0.793. The van der Waals surface area contributed by atoms with E-state index in [-0.39, 0.29) is 12.5 Å². The van der Waals surface area contributed by atoms with Crippen molar-refractivity contribution in [2.75, 3.05) is 6.54 Å². The van der Waals surface area contributed by atoms with Crippen molar-refractivity contribution in [1.82, 2.24) is 10.6 Å². The first-order valence-electron chi connectivity index (χ1n) is 5.52. The topological polar surface area (TPSA) is 67.4 Å². The third-order valence-electron chi connectivity index (χ3n) is 2.28. The Hall–Kier alpha value is -1.70. The summed E-state index contributed by atoms with van der Waals surface area (Å²) in [7, 11) is 0. The number of rotatable bonds is 3. The number of carbonyl (C=O) groups is 2. The summed E-state index contributed by atoms with van der Waals surface area (Å²) in [6, 6.07) is 0. The number of hydrogen-bond donors (Lipinski definition) is 2. The van der Waals surface area contributed by atoms with Crippen molar-refractivity contribution in [3.63, 3.8) is 0 Å². The van der Waals surface area contributed by atoms with Crippen LogP contribution in [0.2, 0.25) is 0 Å². The van der Waals surface area contributed by atoms with E-state index in [1.807, 2.05) is 0 Å². The highest BCUT2D eigenvalue weighted by Gasteiger charge is 2.51. The molecular formula is C12H18N2O3. The normalized spacial score (nSPS) is 16.6. The van der Waals surface area contributed by atoms with Crippen LogP contribution in [0, 0.1) is 12.3 Å².